The van der Waals surface area contributed by atoms with E-state index in [2.05, 4.69) is 38.7 Å². The quantitative estimate of drug-likeness (QED) is 0.427. The molecule has 0 heterocycles. The third-order valence-electron chi connectivity index (χ3n) is 4.88. The molecular formula is C24H26F2Si. The molecule has 0 unspecified atom stereocenters. The highest BCUT2D eigenvalue weighted by Gasteiger charge is 2.21. The number of halogens is 2. The van der Waals surface area contributed by atoms with Crippen LogP contribution in [0.15, 0.2) is 60.7 Å². The van der Waals surface area contributed by atoms with Gasteiger partial charge in [0, 0.05) is 5.56 Å². The van der Waals surface area contributed by atoms with E-state index in [4.69, 9.17) is 0 Å². The first kappa shape index (κ1) is 19.5. The van der Waals surface area contributed by atoms with Crippen LogP contribution in [0.5, 0.6) is 0 Å². The molecule has 3 aromatic rings. The Morgan fingerprint density at radius 1 is 0.704 bits per heavy atom. The van der Waals surface area contributed by atoms with E-state index in [1.165, 1.54) is 17.7 Å². The Labute approximate surface area is 161 Å². The summed E-state index contributed by atoms with van der Waals surface area (Å²) in [7, 11) is -1.75. The van der Waals surface area contributed by atoms with Crippen molar-refractivity contribution in [2.45, 2.75) is 39.4 Å². The van der Waals surface area contributed by atoms with Crippen LogP contribution >= 0.6 is 0 Å². The Hall–Kier alpha value is -2.26. The second-order valence-electron chi connectivity index (χ2n) is 8.09. The molecule has 0 saturated heterocycles. The van der Waals surface area contributed by atoms with Crippen LogP contribution in [0.2, 0.25) is 19.6 Å². The van der Waals surface area contributed by atoms with Gasteiger partial charge < -0.3 is 0 Å². The van der Waals surface area contributed by atoms with Crippen molar-refractivity contribution < 1.29 is 8.78 Å². The molecule has 27 heavy (non-hydrogen) atoms. The molecule has 0 atom stereocenters. The Balaban J connectivity index is 1.92. The summed E-state index contributed by atoms with van der Waals surface area (Å²) in [6.07, 6.45) is 2.16. The van der Waals surface area contributed by atoms with Crippen LogP contribution in [0.4, 0.5) is 8.78 Å². The lowest BCUT2D eigenvalue weighted by atomic mass is 9.98. The SMILES string of the molecule is CCCc1ccc(-c2ccc(-c3ccc([Si](C)(C)C)c(F)c3)c(F)c2)cc1. The van der Waals surface area contributed by atoms with Gasteiger partial charge in [0.1, 0.15) is 11.6 Å². The van der Waals surface area contributed by atoms with E-state index >= 15 is 0 Å². The summed E-state index contributed by atoms with van der Waals surface area (Å²) >= 11 is 0. The lowest BCUT2D eigenvalue weighted by molar-refractivity contribution is 0.628. The van der Waals surface area contributed by atoms with E-state index < -0.39 is 8.07 Å². The zero-order valence-electron chi connectivity index (χ0n) is 16.4. The molecule has 140 valence electrons. The van der Waals surface area contributed by atoms with Gasteiger partial charge in [-0.25, -0.2) is 8.78 Å². The average Bonchev–Trinajstić information content (AvgIpc) is 2.61. The normalized spacial score (nSPS) is 11.6. The van der Waals surface area contributed by atoms with Crippen molar-refractivity contribution in [3.8, 4) is 22.3 Å². The van der Waals surface area contributed by atoms with Gasteiger partial charge in [-0.3, -0.25) is 0 Å². The van der Waals surface area contributed by atoms with E-state index in [9.17, 15) is 8.78 Å². The van der Waals surface area contributed by atoms with E-state index in [-0.39, 0.29) is 11.6 Å². The van der Waals surface area contributed by atoms with E-state index in [1.807, 2.05) is 30.3 Å². The molecule has 0 N–H and O–H groups in total. The van der Waals surface area contributed by atoms with Crippen LogP contribution in [0.25, 0.3) is 22.3 Å². The second kappa shape index (κ2) is 7.77. The number of aryl methyl sites for hydroxylation is 1. The van der Waals surface area contributed by atoms with Crippen molar-refractivity contribution in [2.24, 2.45) is 0 Å². The molecule has 3 rings (SSSR count). The molecule has 0 saturated carbocycles. The van der Waals surface area contributed by atoms with Crippen LogP contribution in [-0.2, 0) is 6.42 Å². The summed E-state index contributed by atoms with van der Waals surface area (Å²) < 4.78 is 29.3. The maximum Gasteiger partial charge on any atom is 0.131 e. The van der Waals surface area contributed by atoms with Crippen LogP contribution < -0.4 is 5.19 Å². The minimum absolute atomic E-state index is 0.235. The highest BCUT2D eigenvalue weighted by Crippen LogP contribution is 2.29. The molecule has 0 amide bonds. The molecule has 0 nitrogen and oxygen atoms in total. The average molecular weight is 381 g/mol. The van der Waals surface area contributed by atoms with Crippen molar-refractivity contribution in [3.63, 3.8) is 0 Å². The molecule has 0 aliphatic carbocycles. The van der Waals surface area contributed by atoms with E-state index in [0.29, 0.717) is 11.1 Å². The molecule has 0 aliphatic heterocycles. The van der Waals surface area contributed by atoms with Gasteiger partial charge in [-0.1, -0.05) is 81.5 Å². The van der Waals surface area contributed by atoms with E-state index in [0.717, 1.165) is 29.2 Å². The molecule has 0 radical (unpaired) electrons. The zero-order valence-corrected chi connectivity index (χ0v) is 17.4. The molecule has 0 bridgehead atoms. The minimum atomic E-state index is -1.75. The summed E-state index contributed by atoms with van der Waals surface area (Å²) in [4.78, 5) is 0. The molecule has 3 aromatic carbocycles. The Morgan fingerprint density at radius 2 is 1.30 bits per heavy atom. The molecule has 3 heteroatoms. The number of hydrogen-bond acceptors (Lipinski definition) is 0. The summed E-state index contributed by atoms with van der Waals surface area (Å²) in [5.74, 6) is -0.563. The van der Waals surface area contributed by atoms with Crippen molar-refractivity contribution in [2.75, 3.05) is 0 Å². The van der Waals surface area contributed by atoms with Gasteiger partial charge in [-0.2, -0.15) is 0 Å². The van der Waals surface area contributed by atoms with Gasteiger partial charge in [0.25, 0.3) is 0 Å². The topological polar surface area (TPSA) is 0 Å². The van der Waals surface area contributed by atoms with Gasteiger partial charge in [-0.15, -0.1) is 0 Å². The minimum Gasteiger partial charge on any atom is -0.207 e. The molecule has 0 fully saturated rings. The summed E-state index contributed by atoms with van der Waals surface area (Å²) in [6.45, 7) is 8.46. The highest BCUT2D eigenvalue weighted by atomic mass is 28.3. The summed E-state index contributed by atoms with van der Waals surface area (Å²) in [5.41, 5.74) is 4.12. The maximum absolute atomic E-state index is 14.8. The summed E-state index contributed by atoms with van der Waals surface area (Å²) in [6, 6.07) is 18.5. The number of rotatable bonds is 5. The van der Waals surface area contributed by atoms with Crippen LogP contribution in [0.1, 0.15) is 18.9 Å². The van der Waals surface area contributed by atoms with Gasteiger partial charge in [0.05, 0.1) is 8.07 Å². The highest BCUT2D eigenvalue weighted by molar-refractivity contribution is 6.88. The Morgan fingerprint density at radius 3 is 1.85 bits per heavy atom. The lowest BCUT2D eigenvalue weighted by Gasteiger charge is -2.18. The smallest absolute Gasteiger partial charge is 0.131 e. The zero-order chi connectivity index (χ0) is 19.6. The fraction of sp³-hybridized carbons (Fsp3) is 0.250. The summed E-state index contributed by atoms with van der Waals surface area (Å²) in [5, 5.41) is 0.774. The van der Waals surface area contributed by atoms with Gasteiger partial charge in [-0.05, 0) is 46.0 Å². The largest absolute Gasteiger partial charge is 0.207 e. The van der Waals surface area contributed by atoms with Crippen molar-refractivity contribution in [1.82, 2.24) is 0 Å². The first-order valence-electron chi connectivity index (χ1n) is 9.49. The second-order valence-corrected chi connectivity index (χ2v) is 13.1. The van der Waals surface area contributed by atoms with Crippen molar-refractivity contribution in [3.05, 3.63) is 77.9 Å². The standard InChI is InChI=1S/C24H26F2Si/c1-5-6-17-7-9-18(10-8-17)19-11-13-21(22(25)15-19)20-12-14-24(23(26)16-20)27(2,3)4/h7-16H,5-6H2,1-4H3. The predicted octanol–water partition coefficient (Wildman–Crippen LogP) is 6.80. The molecule has 0 aliphatic rings. The van der Waals surface area contributed by atoms with Crippen LogP contribution in [0.3, 0.4) is 0 Å². The van der Waals surface area contributed by atoms with Crippen molar-refractivity contribution >= 4 is 13.3 Å². The number of hydrogen-bond donors (Lipinski definition) is 0. The maximum atomic E-state index is 14.8. The van der Waals surface area contributed by atoms with Gasteiger partial charge in [0.15, 0.2) is 0 Å². The van der Waals surface area contributed by atoms with E-state index in [1.54, 1.807) is 6.07 Å². The van der Waals surface area contributed by atoms with Crippen LogP contribution in [-0.4, -0.2) is 8.07 Å². The molecule has 0 spiro atoms. The third-order valence-corrected chi connectivity index (χ3v) is 6.90. The monoisotopic (exact) mass is 380 g/mol. The fourth-order valence-electron chi connectivity index (χ4n) is 3.37. The van der Waals surface area contributed by atoms with Crippen LogP contribution in [0, 0.1) is 11.6 Å². The Bertz CT molecular complexity index is 938. The first-order valence-corrected chi connectivity index (χ1v) is 13.0. The first-order chi connectivity index (χ1) is 12.8. The fourth-order valence-corrected chi connectivity index (χ4v) is 4.74. The van der Waals surface area contributed by atoms with Crippen molar-refractivity contribution in [1.29, 1.82) is 0 Å². The van der Waals surface area contributed by atoms with Gasteiger partial charge >= 0.3 is 0 Å². The molecular weight excluding hydrogens is 354 g/mol. The number of benzene rings is 3. The Kier molecular flexibility index (Phi) is 5.61. The lowest BCUT2D eigenvalue weighted by Crippen LogP contribution is -2.39. The molecule has 0 aromatic heterocycles. The predicted molar refractivity (Wildman–Crippen MR) is 114 cm³/mol. The third kappa shape index (κ3) is 4.36. The van der Waals surface area contributed by atoms with Gasteiger partial charge in [0.2, 0.25) is 0 Å².